The number of carbonyl (C=O) groups is 1. The second kappa shape index (κ2) is 7.14. The summed E-state index contributed by atoms with van der Waals surface area (Å²) in [5, 5.41) is 3.12. The van der Waals surface area contributed by atoms with Crippen LogP contribution in [-0.4, -0.2) is 55.1 Å². The van der Waals surface area contributed by atoms with E-state index in [0.29, 0.717) is 6.54 Å². The minimum absolute atomic E-state index is 0.0632. The number of hydrogen-bond acceptors (Lipinski definition) is 2. The average molecular weight is 303 g/mol. The lowest BCUT2D eigenvalue weighted by Crippen LogP contribution is -2.53. The van der Waals surface area contributed by atoms with Crippen LogP contribution in [0.2, 0.25) is 0 Å². The molecule has 4 nitrogen and oxygen atoms in total. The molecule has 1 aliphatic heterocycles. The Bertz CT molecular complexity index is 505. The van der Waals surface area contributed by atoms with Gasteiger partial charge in [-0.2, -0.15) is 0 Å². The lowest BCUT2D eigenvalue weighted by atomic mass is 9.82. The largest absolute Gasteiger partial charge is 0.337 e. The Labute approximate surface area is 134 Å². The molecule has 2 amide bonds. The molecule has 1 heterocycles. The number of likely N-dealkylation sites (N-methyl/N-ethyl adjacent to an activating group) is 1. The van der Waals surface area contributed by atoms with Crippen molar-refractivity contribution >= 4 is 6.03 Å². The third kappa shape index (κ3) is 4.01. The quantitative estimate of drug-likeness (QED) is 0.928. The number of rotatable bonds is 4. The van der Waals surface area contributed by atoms with Crippen LogP contribution in [-0.2, 0) is 5.41 Å². The zero-order valence-corrected chi connectivity index (χ0v) is 14.4. The molecule has 122 valence electrons. The monoisotopic (exact) mass is 303 g/mol. The predicted octanol–water partition coefficient (Wildman–Crippen LogP) is 2.62. The van der Waals surface area contributed by atoms with Gasteiger partial charge in [-0.25, -0.2) is 4.79 Å². The highest BCUT2D eigenvalue weighted by Crippen LogP contribution is 2.25. The number of carbonyl (C=O) groups excluding carboxylic acids is 1. The molecule has 0 spiro atoms. The smallest absolute Gasteiger partial charge is 0.317 e. The second-order valence-electron chi connectivity index (χ2n) is 6.78. The Hall–Kier alpha value is -1.55. The lowest BCUT2D eigenvalue weighted by molar-refractivity contribution is 0.142. The molecular weight excluding hydrogens is 274 g/mol. The number of piperazine rings is 1. The van der Waals surface area contributed by atoms with Gasteiger partial charge in [0.05, 0.1) is 0 Å². The molecule has 1 fully saturated rings. The lowest BCUT2D eigenvalue weighted by Gasteiger charge is -2.35. The van der Waals surface area contributed by atoms with E-state index in [2.05, 4.69) is 62.2 Å². The number of aryl methyl sites for hydroxylation is 1. The van der Waals surface area contributed by atoms with Crippen molar-refractivity contribution in [2.75, 3.05) is 39.3 Å². The highest BCUT2D eigenvalue weighted by atomic mass is 16.2. The molecule has 0 aromatic heterocycles. The normalized spacial score (nSPS) is 16.6. The topological polar surface area (TPSA) is 35.6 Å². The summed E-state index contributed by atoms with van der Waals surface area (Å²) in [4.78, 5) is 16.7. The first-order valence-electron chi connectivity index (χ1n) is 8.25. The number of nitrogens with one attached hydrogen (secondary N) is 1. The Morgan fingerprint density at radius 1 is 1.18 bits per heavy atom. The van der Waals surface area contributed by atoms with Crippen LogP contribution in [0.5, 0.6) is 0 Å². The molecule has 1 aliphatic rings. The molecule has 0 aliphatic carbocycles. The molecule has 1 N–H and O–H groups in total. The molecule has 0 bridgehead atoms. The standard InChI is InChI=1S/C18H29N3O/c1-5-20-10-12-21(13-11-20)17(22)19-14-18(3,4)16-9-7-6-8-15(16)2/h6-9H,5,10-14H2,1-4H3,(H,19,22). The fraction of sp³-hybridized carbons (Fsp3) is 0.611. The summed E-state index contributed by atoms with van der Waals surface area (Å²) < 4.78 is 0. The van der Waals surface area contributed by atoms with Crippen LogP contribution >= 0.6 is 0 Å². The van der Waals surface area contributed by atoms with Crippen molar-refractivity contribution in [1.29, 1.82) is 0 Å². The number of amides is 2. The summed E-state index contributed by atoms with van der Waals surface area (Å²) in [5.74, 6) is 0. The number of urea groups is 1. The van der Waals surface area contributed by atoms with Crippen molar-refractivity contribution in [3.8, 4) is 0 Å². The van der Waals surface area contributed by atoms with Crippen molar-refractivity contribution in [3.05, 3.63) is 35.4 Å². The van der Waals surface area contributed by atoms with Crippen LogP contribution in [0.15, 0.2) is 24.3 Å². The van der Waals surface area contributed by atoms with Crippen LogP contribution in [0.4, 0.5) is 4.79 Å². The minimum Gasteiger partial charge on any atom is -0.337 e. The number of benzene rings is 1. The van der Waals surface area contributed by atoms with Gasteiger partial charge in [0.15, 0.2) is 0 Å². The van der Waals surface area contributed by atoms with Crippen LogP contribution in [0.25, 0.3) is 0 Å². The van der Waals surface area contributed by atoms with E-state index in [1.54, 1.807) is 0 Å². The molecular formula is C18H29N3O. The van der Waals surface area contributed by atoms with Gasteiger partial charge in [-0.05, 0) is 24.6 Å². The second-order valence-corrected chi connectivity index (χ2v) is 6.78. The predicted molar refractivity (Wildman–Crippen MR) is 91.3 cm³/mol. The molecule has 1 aromatic carbocycles. The SMILES string of the molecule is CCN1CCN(C(=O)NCC(C)(C)c2ccccc2C)CC1. The first kappa shape index (κ1) is 16.8. The van der Waals surface area contributed by atoms with Gasteiger partial charge in [0.2, 0.25) is 0 Å². The maximum absolute atomic E-state index is 12.4. The van der Waals surface area contributed by atoms with Crippen molar-refractivity contribution in [2.45, 2.75) is 33.1 Å². The van der Waals surface area contributed by atoms with E-state index >= 15 is 0 Å². The maximum Gasteiger partial charge on any atom is 0.317 e. The van der Waals surface area contributed by atoms with Crippen molar-refractivity contribution < 1.29 is 4.79 Å². The van der Waals surface area contributed by atoms with E-state index in [9.17, 15) is 4.79 Å². The van der Waals surface area contributed by atoms with Crippen LogP contribution in [0, 0.1) is 6.92 Å². The summed E-state index contributed by atoms with van der Waals surface area (Å²) in [6, 6.07) is 8.47. The first-order valence-corrected chi connectivity index (χ1v) is 8.25. The van der Waals surface area contributed by atoms with Gasteiger partial charge < -0.3 is 15.1 Å². The Morgan fingerprint density at radius 3 is 2.41 bits per heavy atom. The zero-order chi connectivity index (χ0) is 16.2. The molecule has 22 heavy (non-hydrogen) atoms. The third-order valence-electron chi connectivity index (χ3n) is 4.66. The molecule has 0 saturated carbocycles. The van der Waals surface area contributed by atoms with E-state index in [-0.39, 0.29) is 11.4 Å². The summed E-state index contributed by atoms with van der Waals surface area (Å²) >= 11 is 0. The first-order chi connectivity index (χ1) is 10.4. The highest BCUT2D eigenvalue weighted by molar-refractivity contribution is 5.74. The number of hydrogen-bond donors (Lipinski definition) is 1. The van der Waals surface area contributed by atoms with Gasteiger partial charge in [-0.1, -0.05) is 45.0 Å². The van der Waals surface area contributed by atoms with E-state index in [1.165, 1.54) is 11.1 Å². The van der Waals surface area contributed by atoms with Gasteiger partial charge in [0.1, 0.15) is 0 Å². The zero-order valence-electron chi connectivity index (χ0n) is 14.4. The minimum atomic E-state index is -0.0632. The van der Waals surface area contributed by atoms with E-state index in [0.717, 1.165) is 32.7 Å². The van der Waals surface area contributed by atoms with Crippen LogP contribution in [0.1, 0.15) is 31.9 Å². The Morgan fingerprint density at radius 2 is 1.82 bits per heavy atom. The Balaban J connectivity index is 1.89. The van der Waals surface area contributed by atoms with Crippen molar-refractivity contribution in [2.24, 2.45) is 0 Å². The third-order valence-corrected chi connectivity index (χ3v) is 4.66. The number of nitrogens with zero attached hydrogens (tertiary/aromatic N) is 2. The summed E-state index contributed by atoms with van der Waals surface area (Å²) in [6.07, 6.45) is 0. The van der Waals surface area contributed by atoms with Crippen molar-refractivity contribution in [3.63, 3.8) is 0 Å². The maximum atomic E-state index is 12.4. The molecule has 2 rings (SSSR count). The van der Waals surface area contributed by atoms with E-state index < -0.39 is 0 Å². The Kier molecular flexibility index (Phi) is 5.46. The molecule has 0 radical (unpaired) electrons. The summed E-state index contributed by atoms with van der Waals surface area (Å²) in [5.41, 5.74) is 2.51. The van der Waals surface area contributed by atoms with E-state index in [1.807, 2.05) is 4.90 Å². The highest BCUT2D eigenvalue weighted by Gasteiger charge is 2.25. The van der Waals surface area contributed by atoms with Gasteiger partial charge in [-0.3, -0.25) is 0 Å². The van der Waals surface area contributed by atoms with Crippen LogP contribution < -0.4 is 5.32 Å². The van der Waals surface area contributed by atoms with E-state index in [4.69, 9.17) is 0 Å². The molecule has 0 atom stereocenters. The van der Waals surface area contributed by atoms with Gasteiger partial charge in [-0.15, -0.1) is 0 Å². The molecule has 1 saturated heterocycles. The molecule has 1 aromatic rings. The van der Waals surface area contributed by atoms with Crippen molar-refractivity contribution in [1.82, 2.24) is 15.1 Å². The fourth-order valence-corrected chi connectivity index (χ4v) is 3.10. The average Bonchev–Trinajstić information content (AvgIpc) is 2.53. The van der Waals surface area contributed by atoms with Crippen LogP contribution in [0.3, 0.4) is 0 Å². The fourth-order valence-electron chi connectivity index (χ4n) is 3.10. The molecule has 0 unspecified atom stereocenters. The summed E-state index contributed by atoms with van der Waals surface area (Å²) in [6.45, 7) is 14.0. The van der Waals surface area contributed by atoms with Gasteiger partial charge in [0, 0.05) is 38.1 Å². The molecule has 4 heteroatoms. The van der Waals surface area contributed by atoms with Gasteiger partial charge in [0.25, 0.3) is 0 Å². The summed E-state index contributed by atoms with van der Waals surface area (Å²) in [7, 11) is 0. The van der Waals surface area contributed by atoms with Gasteiger partial charge >= 0.3 is 6.03 Å².